The molecule has 0 aliphatic carbocycles. The Bertz CT molecular complexity index is 837. The molecule has 3 nitrogen and oxygen atoms in total. The Balaban J connectivity index is 2.77. The van der Waals surface area contributed by atoms with Crippen molar-refractivity contribution in [2.75, 3.05) is 6.26 Å². The number of aromatic nitrogens is 2. The Morgan fingerprint density at radius 1 is 1.30 bits per heavy atom. The maximum Gasteiger partial charge on any atom is 0.416 e. The van der Waals surface area contributed by atoms with Gasteiger partial charge >= 0.3 is 6.18 Å². The van der Waals surface area contributed by atoms with E-state index in [4.69, 9.17) is 34.9 Å². The van der Waals surface area contributed by atoms with Gasteiger partial charge in [0.05, 0.1) is 21.2 Å². The molecule has 0 bridgehead atoms. The predicted octanol–water partition coefficient (Wildman–Crippen LogP) is 4.77. The van der Waals surface area contributed by atoms with Crippen LogP contribution in [-0.2, 0) is 6.18 Å². The van der Waals surface area contributed by atoms with E-state index in [-0.39, 0.29) is 27.0 Å². The third-order valence-electron chi connectivity index (χ3n) is 2.84. The lowest BCUT2D eigenvalue weighted by Crippen LogP contribution is -2.07. The van der Waals surface area contributed by atoms with Gasteiger partial charge < -0.3 is 0 Å². The zero-order valence-corrected chi connectivity index (χ0v) is 13.7. The molecule has 1 aromatic heterocycles. The van der Waals surface area contributed by atoms with Gasteiger partial charge in [0, 0.05) is 0 Å². The zero-order chi connectivity index (χ0) is 17.4. The topological polar surface area (TPSA) is 41.6 Å². The second-order valence-corrected chi connectivity index (χ2v) is 5.80. The summed E-state index contributed by atoms with van der Waals surface area (Å²) >= 11 is 13.1. The van der Waals surface area contributed by atoms with E-state index in [1.807, 2.05) is 6.07 Å². The fourth-order valence-electron chi connectivity index (χ4n) is 1.88. The summed E-state index contributed by atoms with van der Waals surface area (Å²) in [4.78, 5) is 0. The van der Waals surface area contributed by atoms with Crippen LogP contribution in [0.2, 0.25) is 10.0 Å². The molecule has 23 heavy (non-hydrogen) atoms. The van der Waals surface area contributed by atoms with Gasteiger partial charge in [-0.2, -0.15) is 23.5 Å². The number of nitriles is 1. The van der Waals surface area contributed by atoms with Gasteiger partial charge in [-0.25, -0.2) is 4.68 Å². The summed E-state index contributed by atoms with van der Waals surface area (Å²) < 4.78 is 39.6. The van der Waals surface area contributed by atoms with Crippen molar-refractivity contribution in [3.8, 4) is 24.1 Å². The summed E-state index contributed by atoms with van der Waals surface area (Å²) in [6, 6.07) is 3.32. The van der Waals surface area contributed by atoms with Crippen LogP contribution in [0.1, 0.15) is 16.8 Å². The van der Waals surface area contributed by atoms with Gasteiger partial charge in [-0.3, -0.25) is 0 Å². The summed E-state index contributed by atoms with van der Waals surface area (Å²) in [5, 5.41) is 12.9. The van der Waals surface area contributed by atoms with Crippen LogP contribution < -0.4 is 0 Å². The Kier molecular flexibility index (Phi) is 4.86. The smallest absolute Gasteiger partial charge is 0.222 e. The number of terminal acetylenes is 1. The number of hydrogen-bond acceptors (Lipinski definition) is 3. The van der Waals surface area contributed by atoms with Gasteiger partial charge in [-0.1, -0.05) is 29.1 Å². The molecule has 0 aliphatic rings. The highest BCUT2D eigenvalue weighted by Gasteiger charge is 2.32. The number of hydrogen-bond donors (Lipinski definition) is 0. The molecular weight excluding hydrogens is 370 g/mol. The first kappa shape index (κ1) is 17.6. The fourth-order valence-corrected chi connectivity index (χ4v) is 3.19. The van der Waals surface area contributed by atoms with Crippen LogP contribution in [-0.4, -0.2) is 16.0 Å². The molecule has 0 unspecified atom stereocenters. The van der Waals surface area contributed by atoms with E-state index in [0.717, 1.165) is 12.1 Å². The van der Waals surface area contributed by atoms with E-state index in [1.165, 1.54) is 16.4 Å². The van der Waals surface area contributed by atoms with E-state index in [9.17, 15) is 13.2 Å². The lowest BCUT2D eigenvalue weighted by Gasteiger charge is -2.13. The Hall–Kier alpha value is -1.80. The van der Waals surface area contributed by atoms with Crippen molar-refractivity contribution in [1.82, 2.24) is 9.78 Å². The number of halogens is 5. The van der Waals surface area contributed by atoms with Gasteiger partial charge in [0.25, 0.3) is 0 Å². The molecular formula is C14H6Cl2F3N3S. The van der Waals surface area contributed by atoms with Gasteiger partial charge in [-0.05, 0) is 18.4 Å². The summed E-state index contributed by atoms with van der Waals surface area (Å²) in [6.07, 6.45) is 2.47. The standard InChI is InChI=1S/C14H6Cl2F3N3S/c1-3-8-11(6-20)21-22(13(8)23-2)12-9(15)4-7(5-10(12)16)14(17,18)19/h1,4-5H,2H3. The molecule has 0 spiro atoms. The highest BCUT2D eigenvalue weighted by molar-refractivity contribution is 7.98. The van der Waals surface area contributed by atoms with Crippen molar-refractivity contribution in [2.45, 2.75) is 11.2 Å². The summed E-state index contributed by atoms with van der Waals surface area (Å²) in [5.41, 5.74) is -0.758. The minimum atomic E-state index is -4.58. The Morgan fingerprint density at radius 3 is 2.26 bits per heavy atom. The minimum Gasteiger partial charge on any atom is -0.222 e. The molecule has 0 fully saturated rings. The van der Waals surface area contributed by atoms with Crippen molar-refractivity contribution >= 4 is 35.0 Å². The van der Waals surface area contributed by atoms with E-state index >= 15 is 0 Å². The van der Waals surface area contributed by atoms with Crippen LogP contribution in [0.15, 0.2) is 17.2 Å². The molecule has 118 valence electrons. The van der Waals surface area contributed by atoms with E-state index < -0.39 is 11.7 Å². The molecule has 0 N–H and O–H groups in total. The third kappa shape index (κ3) is 3.13. The maximum absolute atomic E-state index is 12.8. The number of benzene rings is 1. The second-order valence-electron chi connectivity index (χ2n) is 4.19. The molecule has 0 radical (unpaired) electrons. The monoisotopic (exact) mass is 375 g/mol. The molecule has 1 heterocycles. The van der Waals surface area contributed by atoms with Crippen LogP contribution in [0.25, 0.3) is 5.69 Å². The second kappa shape index (κ2) is 6.37. The first-order valence-electron chi connectivity index (χ1n) is 5.85. The van der Waals surface area contributed by atoms with E-state index in [1.54, 1.807) is 6.26 Å². The third-order valence-corrected chi connectivity index (χ3v) is 4.18. The van der Waals surface area contributed by atoms with Gasteiger partial charge in [0.2, 0.25) is 0 Å². The lowest BCUT2D eigenvalue weighted by molar-refractivity contribution is -0.137. The number of rotatable bonds is 2. The van der Waals surface area contributed by atoms with Crippen molar-refractivity contribution in [2.24, 2.45) is 0 Å². The Labute approximate surface area is 144 Å². The molecule has 2 aromatic rings. The average molecular weight is 376 g/mol. The molecule has 0 saturated carbocycles. The van der Waals surface area contributed by atoms with Crippen LogP contribution in [0, 0.1) is 23.7 Å². The number of nitrogens with zero attached hydrogens (tertiary/aromatic N) is 3. The summed E-state index contributed by atoms with van der Waals surface area (Å²) in [5.74, 6) is 2.34. The van der Waals surface area contributed by atoms with Crippen LogP contribution in [0.5, 0.6) is 0 Å². The lowest BCUT2D eigenvalue weighted by atomic mass is 10.2. The number of alkyl halides is 3. The molecule has 9 heteroatoms. The van der Waals surface area contributed by atoms with Gasteiger partial charge in [0.1, 0.15) is 16.8 Å². The van der Waals surface area contributed by atoms with Crippen LogP contribution in [0.3, 0.4) is 0 Å². The van der Waals surface area contributed by atoms with Gasteiger partial charge in [0.15, 0.2) is 5.69 Å². The van der Waals surface area contributed by atoms with Crippen LogP contribution in [0.4, 0.5) is 13.2 Å². The minimum absolute atomic E-state index is 0.0312. The first-order valence-corrected chi connectivity index (χ1v) is 7.83. The zero-order valence-electron chi connectivity index (χ0n) is 11.4. The largest absolute Gasteiger partial charge is 0.416 e. The highest BCUT2D eigenvalue weighted by atomic mass is 35.5. The SMILES string of the molecule is C#Cc1c(C#N)nn(-c2c(Cl)cc(C(F)(F)F)cc2Cl)c1SC. The summed E-state index contributed by atoms with van der Waals surface area (Å²) in [6.45, 7) is 0. The quantitative estimate of drug-likeness (QED) is 0.560. The number of thioether (sulfide) groups is 1. The molecule has 0 aliphatic heterocycles. The first-order chi connectivity index (χ1) is 10.7. The van der Waals surface area contributed by atoms with Crippen molar-refractivity contribution in [3.05, 3.63) is 39.0 Å². The maximum atomic E-state index is 12.8. The van der Waals surface area contributed by atoms with Crippen LogP contribution >= 0.6 is 35.0 Å². The Morgan fingerprint density at radius 2 is 1.87 bits per heavy atom. The molecule has 0 saturated heterocycles. The summed E-state index contributed by atoms with van der Waals surface area (Å²) in [7, 11) is 0. The van der Waals surface area contributed by atoms with E-state index in [2.05, 4.69) is 11.0 Å². The van der Waals surface area contributed by atoms with Crippen molar-refractivity contribution in [1.29, 1.82) is 5.26 Å². The van der Waals surface area contributed by atoms with E-state index in [0.29, 0.717) is 5.03 Å². The van der Waals surface area contributed by atoms with Crippen molar-refractivity contribution < 1.29 is 13.2 Å². The normalized spacial score (nSPS) is 11.1. The molecule has 0 amide bonds. The fraction of sp³-hybridized carbons (Fsp3) is 0.143. The highest BCUT2D eigenvalue weighted by Crippen LogP contribution is 2.39. The molecule has 0 atom stereocenters. The molecule has 2 rings (SSSR count). The van der Waals surface area contributed by atoms with Gasteiger partial charge in [-0.15, -0.1) is 18.2 Å². The predicted molar refractivity (Wildman–Crippen MR) is 83.0 cm³/mol. The average Bonchev–Trinajstić information content (AvgIpc) is 2.82. The van der Waals surface area contributed by atoms with Crippen molar-refractivity contribution in [3.63, 3.8) is 0 Å². The molecule has 1 aromatic carbocycles.